The van der Waals surface area contributed by atoms with E-state index in [4.69, 9.17) is 14.8 Å². The number of nitrogens with one attached hydrogen (secondary N) is 1. The van der Waals surface area contributed by atoms with E-state index in [9.17, 15) is 0 Å². The number of rotatable bonds is 4. The Morgan fingerprint density at radius 1 is 0.767 bits per heavy atom. The van der Waals surface area contributed by atoms with Crippen LogP contribution in [-0.4, -0.2) is 18.2 Å². The molecular weight excluding hydrogens is 370 g/mol. The van der Waals surface area contributed by atoms with Crippen molar-refractivity contribution in [3.63, 3.8) is 0 Å². The minimum atomic E-state index is 0.644. The molecule has 1 aliphatic rings. The first-order chi connectivity index (χ1) is 14.8. The lowest BCUT2D eigenvalue weighted by molar-refractivity contribution is 0.340. The molecule has 146 valence electrons. The molecule has 0 saturated heterocycles. The number of ether oxygens (including phenoxy) is 1. The van der Waals surface area contributed by atoms with Crippen molar-refractivity contribution in [2.24, 2.45) is 10.1 Å². The highest BCUT2D eigenvalue weighted by Crippen LogP contribution is 2.34. The third-order valence-electron chi connectivity index (χ3n) is 5.14. The number of hydrogen-bond acceptors (Lipinski definition) is 4. The summed E-state index contributed by atoms with van der Waals surface area (Å²) in [4.78, 5) is 5.03. The van der Waals surface area contributed by atoms with Gasteiger partial charge < -0.3 is 4.74 Å². The van der Waals surface area contributed by atoms with Gasteiger partial charge in [0.05, 0.1) is 12.3 Å². The Balaban J connectivity index is 1.70. The van der Waals surface area contributed by atoms with Gasteiger partial charge in [0, 0.05) is 22.1 Å². The van der Waals surface area contributed by atoms with Crippen molar-refractivity contribution < 1.29 is 4.74 Å². The topological polar surface area (TPSA) is 46.0 Å². The van der Waals surface area contributed by atoms with Crippen LogP contribution in [0.1, 0.15) is 23.6 Å². The van der Waals surface area contributed by atoms with Gasteiger partial charge in [-0.15, -0.1) is 0 Å². The molecule has 1 heterocycles. The van der Waals surface area contributed by atoms with Gasteiger partial charge in [-0.3, -0.25) is 5.43 Å². The largest absolute Gasteiger partial charge is 0.494 e. The maximum Gasteiger partial charge on any atom is 0.154 e. The maximum absolute atomic E-state index is 5.60. The Bertz CT molecular complexity index is 1260. The molecule has 30 heavy (non-hydrogen) atoms. The van der Waals surface area contributed by atoms with Gasteiger partial charge in [-0.1, -0.05) is 60.7 Å². The van der Waals surface area contributed by atoms with Crippen molar-refractivity contribution in [1.82, 2.24) is 5.43 Å². The van der Waals surface area contributed by atoms with Crippen LogP contribution in [0, 0.1) is 0 Å². The Morgan fingerprint density at radius 3 is 2.33 bits per heavy atom. The van der Waals surface area contributed by atoms with E-state index in [-0.39, 0.29) is 0 Å². The van der Waals surface area contributed by atoms with Gasteiger partial charge >= 0.3 is 0 Å². The Kier molecular flexibility index (Phi) is 4.74. The summed E-state index contributed by atoms with van der Waals surface area (Å²) in [5.74, 6) is 1.58. The number of amidine groups is 1. The lowest BCUT2D eigenvalue weighted by atomic mass is 9.97. The van der Waals surface area contributed by atoms with Crippen LogP contribution in [0.4, 0.5) is 5.69 Å². The first-order valence-electron chi connectivity index (χ1n) is 10.1. The standard InChI is InChI=1S/C26H21N3O/c1-2-30-21-15-12-19(13-16-21)24-23-17-14-18-8-6-7-11-22(18)25(23)27-26(29-28-24)20-9-4-3-5-10-20/h3-17H,2H2,1H3,(H,27,29). The Hall–Kier alpha value is -3.92. The summed E-state index contributed by atoms with van der Waals surface area (Å²) in [5.41, 5.74) is 7.98. The van der Waals surface area contributed by atoms with Gasteiger partial charge in [-0.05, 0) is 42.6 Å². The van der Waals surface area contributed by atoms with Crippen LogP contribution in [0.5, 0.6) is 5.75 Å². The SMILES string of the molecule is CCOc1ccc(C2=NNC(c3ccccc3)=Nc3c2ccc2ccccc32)cc1. The van der Waals surface area contributed by atoms with Crippen molar-refractivity contribution in [3.8, 4) is 5.75 Å². The van der Waals surface area contributed by atoms with Crippen molar-refractivity contribution in [2.45, 2.75) is 6.92 Å². The Labute approximate surface area is 175 Å². The second-order valence-corrected chi connectivity index (χ2v) is 7.04. The van der Waals surface area contributed by atoms with Crippen LogP contribution < -0.4 is 10.2 Å². The van der Waals surface area contributed by atoms with E-state index in [1.165, 1.54) is 0 Å². The molecule has 0 atom stereocenters. The van der Waals surface area contributed by atoms with E-state index in [1.54, 1.807) is 0 Å². The summed E-state index contributed by atoms with van der Waals surface area (Å²) in [6, 6.07) is 30.7. The molecule has 0 spiro atoms. The first-order valence-corrected chi connectivity index (χ1v) is 10.1. The molecule has 0 aliphatic carbocycles. The number of aliphatic imine (C=N–C) groups is 1. The zero-order valence-electron chi connectivity index (χ0n) is 16.7. The van der Waals surface area contributed by atoms with Crippen LogP contribution in [0.3, 0.4) is 0 Å². The number of nitrogens with zero attached hydrogens (tertiary/aromatic N) is 2. The molecule has 4 heteroatoms. The van der Waals surface area contributed by atoms with E-state index < -0.39 is 0 Å². The molecule has 0 saturated carbocycles. The smallest absolute Gasteiger partial charge is 0.154 e. The summed E-state index contributed by atoms with van der Waals surface area (Å²) < 4.78 is 5.60. The van der Waals surface area contributed by atoms with E-state index >= 15 is 0 Å². The van der Waals surface area contributed by atoms with Crippen molar-refractivity contribution >= 4 is 28.0 Å². The monoisotopic (exact) mass is 391 g/mol. The summed E-state index contributed by atoms with van der Waals surface area (Å²) in [7, 11) is 0. The summed E-state index contributed by atoms with van der Waals surface area (Å²) >= 11 is 0. The van der Waals surface area contributed by atoms with Crippen molar-refractivity contribution in [3.05, 3.63) is 108 Å². The molecule has 4 aromatic carbocycles. The van der Waals surface area contributed by atoms with Gasteiger partial charge in [-0.2, -0.15) is 5.10 Å². The van der Waals surface area contributed by atoms with Gasteiger partial charge in [0.2, 0.25) is 0 Å². The van der Waals surface area contributed by atoms with E-state index in [0.29, 0.717) is 6.61 Å². The molecule has 0 radical (unpaired) electrons. The quantitative estimate of drug-likeness (QED) is 0.487. The fourth-order valence-corrected chi connectivity index (χ4v) is 3.69. The molecule has 1 N–H and O–H groups in total. The second kappa shape index (κ2) is 7.84. The van der Waals surface area contributed by atoms with Crippen LogP contribution in [0.2, 0.25) is 0 Å². The molecule has 1 aliphatic heterocycles. The summed E-state index contributed by atoms with van der Waals surface area (Å²) in [5, 5.41) is 7.03. The molecule has 0 fully saturated rings. The minimum Gasteiger partial charge on any atom is -0.494 e. The highest BCUT2D eigenvalue weighted by atomic mass is 16.5. The summed E-state index contributed by atoms with van der Waals surface area (Å²) in [6.07, 6.45) is 0. The van der Waals surface area contributed by atoms with Gasteiger partial charge in [0.1, 0.15) is 11.5 Å². The van der Waals surface area contributed by atoms with Crippen molar-refractivity contribution in [2.75, 3.05) is 6.61 Å². The van der Waals surface area contributed by atoms with Crippen LogP contribution >= 0.6 is 0 Å². The zero-order chi connectivity index (χ0) is 20.3. The number of fused-ring (bicyclic) bond motifs is 3. The molecule has 0 aromatic heterocycles. The van der Waals surface area contributed by atoms with Gasteiger partial charge in [0.25, 0.3) is 0 Å². The summed E-state index contributed by atoms with van der Waals surface area (Å²) in [6.45, 7) is 2.63. The van der Waals surface area contributed by atoms with E-state index in [0.717, 1.165) is 50.4 Å². The highest BCUT2D eigenvalue weighted by Gasteiger charge is 2.19. The average molecular weight is 391 g/mol. The fraction of sp³-hybridized carbons (Fsp3) is 0.0769. The molecule has 0 unspecified atom stereocenters. The van der Waals surface area contributed by atoms with Crippen LogP contribution in [0.15, 0.2) is 101 Å². The normalized spacial score (nSPS) is 13.0. The average Bonchev–Trinajstić information content (AvgIpc) is 3.01. The Morgan fingerprint density at radius 2 is 1.53 bits per heavy atom. The second-order valence-electron chi connectivity index (χ2n) is 7.04. The van der Waals surface area contributed by atoms with Gasteiger partial charge in [-0.25, -0.2) is 4.99 Å². The molecule has 4 aromatic rings. The number of hydrogen-bond donors (Lipinski definition) is 1. The van der Waals surface area contributed by atoms with E-state index in [2.05, 4.69) is 29.7 Å². The molecule has 0 amide bonds. The lowest BCUT2D eigenvalue weighted by Crippen LogP contribution is -2.19. The maximum atomic E-state index is 5.60. The first kappa shape index (κ1) is 18.1. The fourth-order valence-electron chi connectivity index (χ4n) is 3.69. The molecule has 0 bridgehead atoms. The van der Waals surface area contributed by atoms with Crippen LogP contribution in [-0.2, 0) is 0 Å². The molecule has 4 nitrogen and oxygen atoms in total. The zero-order valence-corrected chi connectivity index (χ0v) is 16.7. The highest BCUT2D eigenvalue weighted by molar-refractivity contribution is 6.21. The van der Waals surface area contributed by atoms with Crippen molar-refractivity contribution in [1.29, 1.82) is 0 Å². The lowest BCUT2D eigenvalue weighted by Gasteiger charge is -2.11. The number of hydrazone groups is 1. The van der Waals surface area contributed by atoms with E-state index in [1.807, 2.05) is 73.7 Å². The third-order valence-corrected chi connectivity index (χ3v) is 5.14. The third kappa shape index (κ3) is 3.33. The predicted octanol–water partition coefficient (Wildman–Crippen LogP) is 5.67. The molecular formula is C26H21N3O. The number of benzene rings is 4. The minimum absolute atomic E-state index is 0.644. The van der Waals surface area contributed by atoms with Gasteiger partial charge in [0.15, 0.2) is 5.84 Å². The molecule has 5 rings (SSSR count). The van der Waals surface area contributed by atoms with Crippen LogP contribution in [0.25, 0.3) is 10.8 Å². The predicted molar refractivity (Wildman–Crippen MR) is 123 cm³/mol.